The van der Waals surface area contributed by atoms with Crippen LogP contribution in [0.4, 0.5) is 0 Å². The lowest BCUT2D eigenvalue weighted by molar-refractivity contribution is 0.0712. The topological polar surface area (TPSA) is 27.7 Å². The predicted octanol–water partition coefficient (Wildman–Crippen LogP) is 4.64. The van der Waals surface area contributed by atoms with E-state index >= 15 is 0 Å². The summed E-state index contributed by atoms with van der Waals surface area (Å²) in [6.07, 6.45) is 0. The Hall–Kier alpha value is 2.02. The Balaban J connectivity index is 4.87. The molecule has 8 heteroatoms. The predicted molar refractivity (Wildman–Crippen MR) is 87.7 cm³/mol. The first-order chi connectivity index (χ1) is 7.83. The van der Waals surface area contributed by atoms with E-state index in [2.05, 4.69) is 63.7 Å². The van der Waals surface area contributed by atoms with Gasteiger partial charge in [-0.15, -0.1) is 0 Å². The molecule has 0 unspecified atom stereocenters. The minimum atomic E-state index is -2.65. The molecule has 3 nitrogen and oxygen atoms in total. The van der Waals surface area contributed by atoms with E-state index in [0.717, 1.165) is 0 Å². The summed E-state index contributed by atoms with van der Waals surface area (Å²) < 4.78 is 17.0. The zero-order valence-electron chi connectivity index (χ0n) is 10.1. The van der Waals surface area contributed by atoms with E-state index in [4.69, 9.17) is 13.3 Å². The molecule has 0 spiro atoms. The van der Waals surface area contributed by atoms with Crippen molar-refractivity contribution in [2.24, 2.45) is 0 Å². The molecule has 0 aliphatic carbocycles. The van der Waals surface area contributed by atoms with Crippen LogP contribution in [0.25, 0.3) is 0 Å². The summed E-state index contributed by atoms with van der Waals surface area (Å²) in [6, 6.07) is 0.622. The van der Waals surface area contributed by atoms with Crippen LogP contribution >= 0.6 is 63.7 Å². The van der Waals surface area contributed by atoms with Gasteiger partial charge >= 0.3 is 8.80 Å². The molecule has 104 valence electrons. The smallest absolute Gasteiger partial charge is 0.374 e. The lowest BCUT2D eigenvalue weighted by atomic mass is 10.6. The molecule has 0 bridgehead atoms. The molecule has 0 saturated carbocycles. The highest BCUT2D eigenvalue weighted by molar-refractivity contribution is 9.30. The van der Waals surface area contributed by atoms with Crippen molar-refractivity contribution in [2.45, 2.75) is 33.8 Å². The summed E-state index contributed by atoms with van der Waals surface area (Å²) in [7, 11) is -2.65. The van der Waals surface area contributed by atoms with Crippen molar-refractivity contribution in [1.82, 2.24) is 0 Å². The Morgan fingerprint density at radius 3 is 1.53 bits per heavy atom. The highest BCUT2D eigenvalue weighted by atomic mass is 79.9. The van der Waals surface area contributed by atoms with Crippen LogP contribution in [-0.2, 0) is 13.3 Å². The second-order valence-corrected chi connectivity index (χ2v) is 12.8. The van der Waals surface area contributed by atoms with Crippen molar-refractivity contribution in [3.63, 3.8) is 0 Å². The highest BCUT2D eigenvalue weighted by Crippen LogP contribution is 2.45. The maximum absolute atomic E-state index is 5.79. The van der Waals surface area contributed by atoms with Crippen molar-refractivity contribution in [2.75, 3.05) is 19.8 Å². The van der Waals surface area contributed by atoms with E-state index < -0.39 is 8.80 Å². The minimum absolute atomic E-state index is 0.0377. The molecule has 0 aliphatic rings. The van der Waals surface area contributed by atoms with Gasteiger partial charge < -0.3 is 13.3 Å². The van der Waals surface area contributed by atoms with Crippen molar-refractivity contribution in [1.29, 1.82) is 0 Å². The molecular weight excluding hydrogens is 504 g/mol. The van der Waals surface area contributed by atoms with E-state index in [1.54, 1.807) is 0 Å². The summed E-state index contributed by atoms with van der Waals surface area (Å²) in [5, 5.41) is 0. The van der Waals surface area contributed by atoms with E-state index in [1.165, 1.54) is 0 Å². The van der Waals surface area contributed by atoms with Gasteiger partial charge in [0.15, 0.2) is 0 Å². The van der Waals surface area contributed by atoms with Crippen LogP contribution in [-0.4, -0.2) is 35.6 Å². The molecule has 0 aromatic heterocycles. The maximum Gasteiger partial charge on any atom is 0.503 e. The van der Waals surface area contributed by atoms with Crippen LogP contribution in [0.1, 0.15) is 20.8 Å². The average molecular weight is 522 g/mol. The maximum atomic E-state index is 5.79. The van der Waals surface area contributed by atoms with Crippen LogP contribution in [0.5, 0.6) is 0 Å². The first-order valence-electron chi connectivity index (χ1n) is 5.41. The number of halogens is 4. The molecule has 0 atom stereocenters. The van der Waals surface area contributed by atoms with Gasteiger partial charge in [0, 0.05) is 25.9 Å². The van der Waals surface area contributed by atoms with Gasteiger partial charge in [-0.3, -0.25) is 0 Å². The highest BCUT2D eigenvalue weighted by Gasteiger charge is 2.49. The SMILES string of the molecule is CCO[Si](CC(Br)(Br)C(Br)Br)(OCC)OCC. The third-order valence-corrected chi connectivity index (χ3v) is 11.6. The molecule has 0 fully saturated rings. The Labute approximate surface area is 138 Å². The number of hydrogen-bond acceptors (Lipinski definition) is 3. The Kier molecular flexibility index (Phi) is 10.1. The van der Waals surface area contributed by atoms with E-state index in [0.29, 0.717) is 25.9 Å². The molecule has 0 saturated heterocycles. The number of hydrogen-bond donors (Lipinski definition) is 0. The second-order valence-electron chi connectivity index (χ2n) is 3.22. The summed E-state index contributed by atoms with van der Waals surface area (Å²) in [6.45, 7) is 7.59. The summed E-state index contributed by atoms with van der Waals surface area (Å²) in [5.41, 5.74) is 0. The summed E-state index contributed by atoms with van der Waals surface area (Å²) in [5.74, 6) is 0. The van der Waals surface area contributed by atoms with Gasteiger partial charge in [0.2, 0.25) is 0 Å². The van der Waals surface area contributed by atoms with Gasteiger partial charge in [0.05, 0.1) is 3.74 Å². The molecule has 0 aromatic rings. The normalized spacial score (nSPS) is 13.4. The largest absolute Gasteiger partial charge is 0.503 e. The van der Waals surface area contributed by atoms with Gasteiger partial charge in [-0.05, 0) is 20.8 Å². The molecular formula is C9H18Br4O3Si. The Morgan fingerprint density at radius 2 is 1.29 bits per heavy atom. The fourth-order valence-electron chi connectivity index (χ4n) is 1.30. The average Bonchev–Trinajstić information content (AvgIpc) is 2.17. The lowest BCUT2D eigenvalue weighted by Crippen LogP contribution is -2.50. The molecule has 0 aliphatic heterocycles. The molecule has 0 rings (SSSR count). The quantitative estimate of drug-likeness (QED) is 0.327. The Morgan fingerprint density at radius 1 is 0.941 bits per heavy atom. The summed E-state index contributed by atoms with van der Waals surface area (Å²) >= 11 is 14.2. The second kappa shape index (κ2) is 9.04. The monoisotopic (exact) mass is 518 g/mol. The van der Waals surface area contributed by atoms with Crippen molar-refractivity contribution < 1.29 is 13.3 Å². The third-order valence-electron chi connectivity index (χ3n) is 1.86. The fraction of sp³-hybridized carbons (Fsp3) is 1.00. The fourth-order valence-corrected chi connectivity index (χ4v) is 6.94. The molecule has 0 N–H and O–H groups in total. The standard InChI is InChI=1S/C9H18Br4O3Si/c1-4-14-17(15-5-2,16-6-3)7-9(12,13)8(10)11/h8H,4-7H2,1-3H3. The van der Waals surface area contributed by atoms with Gasteiger partial charge in [0.1, 0.15) is 3.23 Å². The zero-order valence-corrected chi connectivity index (χ0v) is 17.5. The van der Waals surface area contributed by atoms with Crippen molar-refractivity contribution >= 4 is 72.5 Å². The first-order valence-corrected chi connectivity index (χ1v) is 10.8. The number of rotatable bonds is 9. The van der Waals surface area contributed by atoms with Gasteiger partial charge in [-0.1, -0.05) is 63.7 Å². The van der Waals surface area contributed by atoms with E-state index in [-0.39, 0.29) is 6.97 Å². The molecule has 17 heavy (non-hydrogen) atoms. The molecule has 0 aromatic carbocycles. The molecule has 0 radical (unpaired) electrons. The van der Waals surface area contributed by atoms with Crippen LogP contribution in [0.3, 0.4) is 0 Å². The van der Waals surface area contributed by atoms with Crippen LogP contribution < -0.4 is 0 Å². The molecule has 0 amide bonds. The minimum Gasteiger partial charge on any atom is -0.374 e. The third kappa shape index (κ3) is 6.83. The van der Waals surface area contributed by atoms with Crippen LogP contribution in [0.15, 0.2) is 0 Å². The van der Waals surface area contributed by atoms with E-state index in [1.807, 2.05) is 20.8 Å². The lowest BCUT2D eigenvalue weighted by Gasteiger charge is -2.34. The Bertz CT molecular complexity index is 199. The van der Waals surface area contributed by atoms with Gasteiger partial charge in [-0.25, -0.2) is 0 Å². The van der Waals surface area contributed by atoms with Crippen molar-refractivity contribution in [3.8, 4) is 0 Å². The van der Waals surface area contributed by atoms with Crippen LogP contribution in [0, 0.1) is 0 Å². The number of alkyl halides is 4. The van der Waals surface area contributed by atoms with E-state index in [9.17, 15) is 0 Å². The van der Waals surface area contributed by atoms with Gasteiger partial charge in [-0.2, -0.15) is 0 Å². The van der Waals surface area contributed by atoms with Gasteiger partial charge in [0.25, 0.3) is 0 Å². The first kappa shape index (κ1) is 19.0. The molecule has 0 heterocycles. The zero-order chi connectivity index (χ0) is 13.5. The summed E-state index contributed by atoms with van der Waals surface area (Å²) in [4.78, 5) is 0. The van der Waals surface area contributed by atoms with Crippen molar-refractivity contribution in [3.05, 3.63) is 0 Å². The van der Waals surface area contributed by atoms with Crippen LogP contribution in [0.2, 0.25) is 6.04 Å².